The van der Waals surface area contributed by atoms with Crippen molar-refractivity contribution in [3.63, 3.8) is 0 Å². The molecule has 1 aromatic carbocycles. The molecule has 0 heterocycles. The number of nitrogens with two attached hydrogens (primary N) is 1. The van der Waals surface area contributed by atoms with Crippen molar-refractivity contribution in [2.24, 2.45) is 5.73 Å². The number of hydrogen-bond acceptors (Lipinski definition) is 4. The molecule has 1 aromatic rings. The normalized spacial score (nSPS) is 11.6. The van der Waals surface area contributed by atoms with Gasteiger partial charge >= 0.3 is 5.97 Å². The molecule has 1 rings (SSSR count). The molecule has 0 aliphatic rings. The zero-order valence-electron chi connectivity index (χ0n) is 10.9. The van der Waals surface area contributed by atoms with Crippen LogP contribution in [-0.4, -0.2) is 25.2 Å². The van der Waals surface area contributed by atoms with Crippen molar-refractivity contribution in [2.75, 3.05) is 7.11 Å². The van der Waals surface area contributed by atoms with E-state index >= 15 is 0 Å². The van der Waals surface area contributed by atoms with E-state index < -0.39 is 6.04 Å². The molecule has 4 nitrogen and oxygen atoms in total. The molecule has 0 fully saturated rings. The molecular formula is C13H20ClNO3. The minimum atomic E-state index is -0.620. The van der Waals surface area contributed by atoms with Gasteiger partial charge in [0.25, 0.3) is 0 Å². The fraction of sp³-hybridized carbons (Fsp3) is 0.462. The standard InChI is InChI=1S/C13H19NO3.ClH/c1-9(2)17-13(15)12(14)8-10-4-6-11(16-3)7-5-10;/h4-7,9,12H,8,14H2,1-3H3;1H/t12-;/m0./s1. The van der Waals surface area contributed by atoms with Gasteiger partial charge in [-0.1, -0.05) is 12.1 Å². The molecule has 0 aliphatic carbocycles. The first kappa shape index (κ1) is 16.7. The summed E-state index contributed by atoms with van der Waals surface area (Å²) in [5.41, 5.74) is 6.75. The number of carbonyl (C=O) groups is 1. The Bertz CT molecular complexity index is 365. The van der Waals surface area contributed by atoms with Gasteiger partial charge in [-0.25, -0.2) is 0 Å². The highest BCUT2D eigenvalue weighted by Crippen LogP contribution is 2.12. The van der Waals surface area contributed by atoms with Crippen molar-refractivity contribution in [2.45, 2.75) is 32.4 Å². The van der Waals surface area contributed by atoms with Crippen molar-refractivity contribution in [3.8, 4) is 5.75 Å². The van der Waals surface area contributed by atoms with Gasteiger partial charge in [-0.15, -0.1) is 12.4 Å². The average Bonchev–Trinajstić information content (AvgIpc) is 2.29. The number of carbonyl (C=O) groups excluding carboxylic acids is 1. The summed E-state index contributed by atoms with van der Waals surface area (Å²) >= 11 is 0. The van der Waals surface area contributed by atoms with Crippen LogP contribution in [0.15, 0.2) is 24.3 Å². The summed E-state index contributed by atoms with van der Waals surface area (Å²) in [5, 5.41) is 0. The Balaban J connectivity index is 0.00000289. The van der Waals surface area contributed by atoms with Crippen molar-refractivity contribution in [1.29, 1.82) is 0 Å². The van der Waals surface area contributed by atoms with Crippen molar-refractivity contribution < 1.29 is 14.3 Å². The quantitative estimate of drug-likeness (QED) is 0.833. The third-order valence-corrected chi connectivity index (χ3v) is 2.27. The molecule has 0 saturated carbocycles. The van der Waals surface area contributed by atoms with E-state index in [0.717, 1.165) is 11.3 Å². The van der Waals surface area contributed by atoms with Crippen molar-refractivity contribution >= 4 is 18.4 Å². The minimum absolute atomic E-state index is 0. The van der Waals surface area contributed by atoms with E-state index in [1.807, 2.05) is 24.3 Å². The van der Waals surface area contributed by atoms with Gasteiger partial charge in [0.15, 0.2) is 0 Å². The van der Waals surface area contributed by atoms with Crippen LogP contribution < -0.4 is 10.5 Å². The van der Waals surface area contributed by atoms with Gasteiger partial charge in [0.05, 0.1) is 13.2 Å². The molecule has 0 aromatic heterocycles. The number of halogens is 1. The Kier molecular flexibility index (Phi) is 7.39. The Labute approximate surface area is 114 Å². The lowest BCUT2D eigenvalue weighted by atomic mass is 10.1. The van der Waals surface area contributed by atoms with Gasteiger partial charge in [-0.3, -0.25) is 4.79 Å². The first-order valence-corrected chi connectivity index (χ1v) is 5.62. The fourth-order valence-corrected chi connectivity index (χ4v) is 1.42. The molecule has 2 N–H and O–H groups in total. The highest BCUT2D eigenvalue weighted by atomic mass is 35.5. The summed E-state index contributed by atoms with van der Waals surface area (Å²) in [6, 6.07) is 6.85. The lowest BCUT2D eigenvalue weighted by molar-refractivity contribution is -0.148. The summed E-state index contributed by atoms with van der Waals surface area (Å²) in [6.45, 7) is 3.61. The molecule has 5 heteroatoms. The summed E-state index contributed by atoms with van der Waals surface area (Å²) < 4.78 is 10.1. The summed E-state index contributed by atoms with van der Waals surface area (Å²) in [4.78, 5) is 11.5. The first-order chi connectivity index (χ1) is 8.02. The molecule has 0 saturated heterocycles. The third-order valence-electron chi connectivity index (χ3n) is 2.27. The largest absolute Gasteiger partial charge is 0.497 e. The van der Waals surface area contributed by atoms with Gasteiger partial charge in [0, 0.05) is 0 Å². The number of ether oxygens (including phenoxy) is 2. The first-order valence-electron chi connectivity index (χ1n) is 5.62. The van der Waals surface area contributed by atoms with E-state index in [9.17, 15) is 4.79 Å². The molecular weight excluding hydrogens is 254 g/mol. The predicted octanol–water partition coefficient (Wildman–Crippen LogP) is 1.94. The van der Waals surface area contributed by atoms with Gasteiger partial charge in [0.1, 0.15) is 11.8 Å². The lowest BCUT2D eigenvalue weighted by Gasteiger charge is -2.13. The smallest absolute Gasteiger partial charge is 0.323 e. The third kappa shape index (κ3) is 5.38. The maximum atomic E-state index is 11.5. The maximum absolute atomic E-state index is 11.5. The van der Waals surface area contributed by atoms with E-state index in [4.69, 9.17) is 15.2 Å². The van der Waals surface area contributed by atoms with E-state index in [-0.39, 0.29) is 24.5 Å². The molecule has 102 valence electrons. The highest BCUT2D eigenvalue weighted by Gasteiger charge is 2.16. The number of hydrogen-bond donors (Lipinski definition) is 1. The highest BCUT2D eigenvalue weighted by molar-refractivity contribution is 5.85. The number of benzene rings is 1. The van der Waals surface area contributed by atoms with Crippen LogP contribution in [-0.2, 0) is 16.0 Å². The van der Waals surface area contributed by atoms with Crippen LogP contribution in [0, 0.1) is 0 Å². The zero-order valence-corrected chi connectivity index (χ0v) is 11.7. The van der Waals surface area contributed by atoms with Crippen LogP contribution in [0.4, 0.5) is 0 Å². The van der Waals surface area contributed by atoms with E-state index in [2.05, 4.69) is 0 Å². The second-order valence-electron chi connectivity index (χ2n) is 4.14. The summed E-state index contributed by atoms with van der Waals surface area (Å²) in [5.74, 6) is 0.419. The van der Waals surface area contributed by atoms with E-state index in [1.165, 1.54) is 0 Å². The maximum Gasteiger partial charge on any atom is 0.323 e. The number of methoxy groups -OCH3 is 1. The van der Waals surface area contributed by atoms with Gasteiger partial charge in [-0.2, -0.15) is 0 Å². The van der Waals surface area contributed by atoms with Crippen LogP contribution >= 0.6 is 12.4 Å². The molecule has 0 radical (unpaired) electrons. The van der Waals surface area contributed by atoms with Crippen molar-refractivity contribution in [3.05, 3.63) is 29.8 Å². The molecule has 0 unspecified atom stereocenters. The summed E-state index contributed by atoms with van der Waals surface area (Å²) in [7, 11) is 1.61. The minimum Gasteiger partial charge on any atom is -0.497 e. The number of rotatable bonds is 5. The van der Waals surface area contributed by atoms with Gasteiger partial charge in [0.2, 0.25) is 0 Å². The monoisotopic (exact) mass is 273 g/mol. The molecule has 0 spiro atoms. The van der Waals surface area contributed by atoms with Crippen LogP contribution in [0.1, 0.15) is 19.4 Å². The SMILES string of the molecule is COc1ccc(C[C@H](N)C(=O)OC(C)C)cc1.Cl. The van der Waals surface area contributed by atoms with Crippen LogP contribution in [0.2, 0.25) is 0 Å². The zero-order chi connectivity index (χ0) is 12.8. The molecule has 18 heavy (non-hydrogen) atoms. The Morgan fingerprint density at radius 2 is 1.83 bits per heavy atom. The van der Waals surface area contributed by atoms with Crippen LogP contribution in [0.5, 0.6) is 5.75 Å². The van der Waals surface area contributed by atoms with Gasteiger partial charge < -0.3 is 15.2 Å². The molecule has 0 amide bonds. The predicted molar refractivity (Wildman–Crippen MR) is 73.1 cm³/mol. The number of esters is 1. The average molecular weight is 274 g/mol. The Hall–Kier alpha value is -1.26. The molecule has 0 aliphatic heterocycles. The van der Waals surface area contributed by atoms with E-state index in [0.29, 0.717) is 6.42 Å². The molecule has 0 bridgehead atoms. The second-order valence-corrected chi connectivity index (χ2v) is 4.14. The Morgan fingerprint density at radius 3 is 2.28 bits per heavy atom. The van der Waals surface area contributed by atoms with Gasteiger partial charge in [-0.05, 0) is 38.0 Å². The van der Waals surface area contributed by atoms with E-state index in [1.54, 1.807) is 21.0 Å². The Morgan fingerprint density at radius 1 is 1.28 bits per heavy atom. The van der Waals surface area contributed by atoms with Crippen LogP contribution in [0.3, 0.4) is 0 Å². The van der Waals surface area contributed by atoms with Crippen molar-refractivity contribution in [1.82, 2.24) is 0 Å². The van der Waals surface area contributed by atoms with Crippen LogP contribution in [0.25, 0.3) is 0 Å². The fourth-order valence-electron chi connectivity index (χ4n) is 1.42. The lowest BCUT2D eigenvalue weighted by Crippen LogP contribution is -2.35. The summed E-state index contributed by atoms with van der Waals surface area (Å²) in [6.07, 6.45) is 0.333. The molecule has 1 atom stereocenters. The second kappa shape index (κ2) is 7.95. The topological polar surface area (TPSA) is 61.5 Å².